The largest absolute Gasteiger partial charge is 0.483 e. The first kappa shape index (κ1) is 28.5. The Kier molecular flexibility index (Phi) is 11.1. The van der Waals surface area contributed by atoms with Gasteiger partial charge >= 0.3 is 0 Å². The average molecular weight is 497 g/mol. The minimum Gasteiger partial charge on any atom is -0.483 e. The fourth-order valence-corrected chi connectivity index (χ4v) is 4.17. The van der Waals surface area contributed by atoms with Crippen molar-refractivity contribution in [2.24, 2.45) is 11.7 Å². The lowest BCUT2D eigenvalue weighted by Crippen LogP contribution is -2.57. The van der Waals surface area contributed by atoms with Crippen LogP contribution in [0.2, 0.25) is 0 Å². The SMILES string of the molecule is CC(C)[C@H](NC(=O)[C@H](C)N)C(=O)N1CCC[C@@H]1C(=O)NC(c1ccccc1)c1ccccc1.O=CO. The summed E-state index contributed by atoms with van der Waals surface area (Å²) in [5.74, 6) is -0.950. The number of rotatable bonds is 8. The molecular weight excluding hydrogens is 460 g/mol. The molecule has 3 rings (SSSR count). The molecule has 0 spiro atoms. The van der Waals surface area contributed by atoms with Crippen LogP contribution in [0.3, 0.4) is 0 Å². The number of likely N-dealkylation sites (tertiary alicyclic amines) is 1. The molecule has 9 nitrogen and oxygen atoms in total. The highest BCUT2D eigenvalue weighted by atomic mass is 16.3. The molecule has 0 saturated carbocycles. The van der Waals surface area contributed by atoms with Crippen LogP contribution < -0.4 is 16.4 Å². The summed E-state index contributed by atoms with van der Waals surface area (Å²) in [4.78, 5) is 48.9. The molecule has 0 radical (unpaired) electrons. The molecule has 0 aliphatic carbocycles. The monoisotopic (exact) mass is 496 g/mol. The van der Waals surface area contributed by atoms with Gasteiger partial charge in [0.05, 0.1) is 12.1 Å². The van der Waals surface area contributed by atoms with Crippen LogP contribution in [0.5, 0.6) is 0 Å². The van der Waals surface area contributed by atoms with Gasteiger partial charge in [-0.1, -0.05) is 74.5 Å². The number of nitrogens with zero attached hydrogens (tertiary/aromatic N) is 1. The van der Waals surface area contributed by atoms with E-state index in [1.54, 1.807) is 11.8 Å². The first-order valence-corrected chi connectivity index (χ1v) is 12.1. The molecule has 0 unspecified atom stereocenters. The zero-order valence-electron chi connectivity index (χ0n) is 21.0. The Morgan fingerprint density at radius 3 is 1.92 bits per heavy atom. The Labute approximate surface area is 212 Å². The van der Waals surface area contributed by atoms with Crippen LogP contribution in [0.1, 0.15) is 50.8 Å². The minimum atomic E-state index is -0.726. The van der Waals surface area contributed by atoms with Crippen molar-refractivity contribution in [2.75, 3.05) is 6.54 Å². The number of amides is 3. The van der Waals surface area contributed by atoms with Gasteiger partial charge in [-0.25, -0.2) is 0 Å². The number of carbonyl (C=O) groups excluding carboxylic acids is 3. The third-order valence-corrected chi connectivity index (χ3v) is 6.03. The molecule has 9 heteroatoms. The third-order valence-electron chi connectivity index (χ3n) is 6.03. The number of nitrogens with two attached hydrogens (primary N) is 1. The van der Waals surface area contributed by atoms with Crippen molar-refractivity contribution in [3.8, 4) is 0 Å². The Bertz CT molecular complexity index is 958. The van der Waals surface area contributed by atoms with Crippen LogP contribution in [0.4, 0.5) is 0 Å². The molecule has 36 heavy (non-hydrogen) atoms. The van der Waals surface area contributed by atoms with Crippen molar-refractivity contribution >= 4 is 24.2 Å². The summed E-state index contributed by atoms with van der Waals surface area (Å²) in [6.45, 7) is 5.55. The normalized spacial score (nSPS) is 16.5. The van der Waals surface area contributed by atoms with E-state index in [0.29, 0.717) is 13.0 Å². The van der Waals surface area contributed by atoms with Crippen LogP contribution in [0.15, 0.2) is 60.7 Å². The van der Waals surface area contributed by atoms with Crippen molar-refractivity contribution in [3.63, 3.8) is 0 Å². The van der Waals surface area contributed by atoms with Gasteiger partial charge in [-0.05, 0) is 36.8 Å². The van der Waals surface area contributed by atoms with Gasteiger partial charge in [0, 0.05) is 6.54 Å². The van der Waals surface area contributed by atoms with E-state index < -0.39 is 18.1 Å². The maximum absolute atomic E-state index is 13.4. The molecule has 194 valence electrons. The van der Waals surface area contributed by atoms with Gasteiger partial charge in [0.2, 0.25) is 17.7 Å². The highest BCUT2D eigenvalue weighted by molar-refractivity contribution is 5.93. The second-order valence-electron chi connectivity index (χ2n) is 9.08. The fourth-order valence-electron chi connectivity index (χ4n) is 4.17. The van der Waals surface area contributed by atoms with Gasteiger partial charge in [-0.3, -0.25) is 19.2 Å². The van der Waals surface area contributed by atoms with Crippen LogP contribution in [-0.2, 0) is 19.2 Å². The van der Waals surface area contributed by atoms with Gasteiger partial charge in [0.15, 0.2) is 0 Å². The van der Waals surface area contributed by atoms with E-state index in [0.717, 1.165) is 17.5 Å². The topological polar surface area (TPSA) is 142 Å². The lowest BCUT2D eigenvalue weighted by molar-refractivity contribution is -0.142. The summed E-state index contributed by atoms with van der Waals surface area (Å²) in [5, 5.41) is 12.8. The van der Waals surface area contributed by atoms with Gasteiger partial charge in [0.25, 0.3) is 6.47 Å². The van der Waals surface area contributed by atoms with Crippen LogP contribution in [-0.4, -0.2) is 58.9 Å². The zero-order chi connectivity index (χ0) is 26.7. The molecule has 0 bridgehead atoms. The molecule has 1 heterocycles. The van der Waals surface area contributed by atoms with E-state index >= 15 is 0 Å². The van der Waals surface area contributed by atoms with Gasteiger partial charge < -0.3 is 26.4 Å². The number of hydrogen-bond donors (Lipinski definition) is 4. The summed E-state index contributed by atoms with van der Waals surface area (Å²) >= 11 is 0. The second-order valence-corrected chi connectivity index (χ2v) is 9.08. The van der Waals surface area contributed by atoms with Gasteiger partial charge in [-0.2, -0.15) is 0 Å². The van der Waals surface area contributed by atoms with E-state index in [4.69, 9.17) is 15.6 Å². The predicted molar refractivity (Wildman–Crippen MR) is 137 cm³/mol. The molecule has 3 amide bonds. The minimum absolute atomic E-state index is 0.133. The summed E-state index contributed by atoms with van der Waals surface area (Å²) in [6, 6.07) is 17.2. The number of carboxylic acid groups (broad SMARTS) is 1. The van der Waals surface area contributed by atoms with Crippen LogP contribution in [0.25, 0.3) is 0 Å². The standard InChI is InChI=1S/C26H34N4O3.CH2O2/c1-17(2)22(28-24(31)18(3)27)26(33)30-16-10-15-21(30)25(32)29-23(19-11-6-4-7-12-19)20-13-8-5-9-14-20;2-1-3/h4-9,11-14,17-18,21-23H,10,15-16,27H2,1-3H3,(H,28,31)(H,29,32);1H,(H,2,3)/t18-,21+,22-;/m0./s1. The highest BCUT2D eigenvalue weighted by Gasteiger charge is 2.39. The molecule has 1 fully saturated rings. The predicted octanol–water partition coefficient (Wildman–Crippen LogP) is 2.07. The molecule has 1 aliphatic rings. The van der Waals surface area contributed by atoms with Crippen LogP contribution in [0, 0.1) is 5.92 Å². The van der Waals surface area contributed by atoms with E-state index in [2.05, 4.69) is 10.6 Å². The molecule has 5 N–H and O–H groups in total. The van der Waals surface area contributed by atoms with Crippen molar-refractivity contribution in [1.29, 1.82) is 0 Å². The first-order valence-electron chi connectivity index (χ1n) is 12.1. The van der Waals surface area contributed by atoms with E-state index in [9.17, 15) is 14.4 Å². The average Bonchev–Trinajstić information content (AvgIpc) is 3.36. The number of nitrogens with one attached hydrogen (secondary N) is 2. The Balaban J connectivity index is 0.00000145. The lowest BCUT2D eigenvalue weighted by atomic mass is 9.98. The van der Waals surface area contributed by atoms with Crippen LogP contribution >= 0.6 is 0 Å². The lowest BCUT2D eigenvalue weighted by Gasteiger charge is -2.32. The van der Waals surface area contributed by atoms with Crippen molar-refractivity contribution in [1.82, 2.24) is 15.5 Å². The van der Waals surface area contributed by atoms with E-state index in [1.165, 1.54) is 0 Å². The maximum Gasteiger partial charge on any atom is 0.290 e. The highest BCUT2D eigenvalue weighted by Crippen LogP contribution is 2.25. The van der Waals surface area contributed by atoms with Gasteiger partial charge in [-0.15, -0.1) is 0 Å². The number of benzene rings is 2. The first-order chi connectivity index (χ1) is 17.2. The fraction of sp³-hybridized carbons (Fsp3) is 0.407. The molecule has 1 saturated heterocycles. The molecule has 3 atom stereocenters. The molecule has 2 aromatic rings. The number of hydrogen-bond acceptors (Lipinski definition) is 5. The Morgan fingerprint density at radius 2 is 1.47 bits per heavy atom. The van der Waals surface area contributed by atoms with E-state index in [1.807, 2.05) is 74.5 Å². The van der Waals surface area contributed by atoms with E-state index in [-0.39, 0.29) is 36.2 Å². The van der Waals surface area contributed by atoms with Crippen molar-refractivity contribution in [2.45, 2.75) is 57.8 Å². The summed E-state index contributed by atoms with van der Waals surface area (Å²) in [5.41, 5.74) is 7.62. The summed E-state index contributed by atoms with van der Waals surface area (Å²) in [7, 11) is 0. The summed E-state index contributed by atoms with van der Waals surface area (Å²) < 4.78 is 0. The smallest absolute Gasteiger partial charge is 0.290 e. The Hall–Kier alpha value is -3.72. The molecule has 1 aliphatic heterocycles. The quantitative estimate of drug-likeness (QED) is 0.412. The molecule has 0 aromatic heterocycles. The zero-order valence-corrected chi connectivity index (χ0v) is 21.0. The number of carbonyl (C=O) groups is 4. The second kappa shape index (κ2) is 14.0. The van der Waals surface area contributed by atoms with Crippen molar-refractivity contribution < 1.29 is 24.3 Å². The van der Waals surface area contributed by atoms with Gasteiger partial charge in [0.1, 0.15) is 12.1 Å². The molecule has 2 aromatic carbocycles. The Morgan fingerprint density at radius 1 is 0.972 bits per heavy atom. The third kappa shape index (κ3) is 7.64. The maximum atomic E-state index is 13.4. The summed E-state index contributed by atoms with van der Waals surface area (Å²) in [6.07, 6.45) is 1.32. The van der Waals surface area contributed by atoms with Crippen molar-refractivity contribution in [3.05, 3.63) is 71.8 Å². The molecular formula is C27H36N4O5.